The molecule has 2 amide bonds. The average molecular weight is 397 g/mol. The monoisotopic (exact) mass is 397 g/mol. The highest BCUT2D eigenvalue weighted by molar-refractivity contribution is 5.82. The zero-order valence-corrected chi connectivity index (χ0v) is 15.7. The zero-order valence-electron chi connectivity index (χ0n) is 15.7. The second kappa shape index (κ2) is 8.94. The molecule has 28 heavy (non-hydrogen) atoms. The first-order valence-electron chi connectivity index (χ1n) is 9.78. The number of carbonyl (C=O) groups is 2. The first-order valence-corrected chi connectivity index (χ1v) is 9.78. The van der Waals surface area contributed by atoms with Gasteiger partial charge in [0.2, 0.25) is 11.8 Å². The van der Waals surface area contributed by atoms with Gasteiger partial charge in [-0.3, -0.25) is 9.59 Å². The van der Waals surface area contributed by atoms with Gasteiger partial charge in [-0.15, -0.1) is 0 Å². The van der Waals surface area contributed by atoms with Crippen LogP contribution in [0.25, 0.3) is 0 Å². The van der Waals surface area contributed by atoms with E-state index in [1.54, 1.807) is 4.90 Å². The summed E-state index contributed by atoms with van der Waals surface area (Å²) in [5.41, 5.74) is -0.754. The minimum Gasteiger partial charge on any atom is -0.354 e. The molecule has 2 atom stereocenters. The van der Waals surface area contributed by atoms with E-state index in [1.807, 2.05) is 0 Å². The van der Waals surface area contributed by atoms with Crippen LogP contribution in [0.2, 0.25) is 0 Å². The fraction of sp³-hybridized carbons (Fsp3) is 0.600. The minimum atomic E-state index is -4.47. The number of likely N-dealkylation sites (tertiary alicyclic amines) is 1. The molecule has 2 aliphatic rings. The van der Waals surface area contributed by atoms with Gasteiger partial charge in [-0.25, -0.2) is 0 Å². The molecule has 1 aromatic rings. The van der Waals surface area contributed by atoms with E-state index in [0.717, 1.165) is 38.3 Å². The van der Waals surface area contributed by atoms with Gasteiger partial charge < -0.3 is 15.5 Å². The molecule has 2 saturated heterocycles. The summed E-state index contributed by atoms with van der Waals surface area (Å²) in [6, 6.07) is 5.07. The van der Waals surface area contributed by atoms with Gasteiger partial charge in [-0.1, -0.05) is 18.2 Å². The maximum Gasteiger partial charge on any atom is 0.416 e. The Kier molecular flexibility index (Phi) is 6.59. The van der Waals surface area contributed by atoms with Crippen LogP contribution in [0.3, 0.4) is 0 Å². The van der Waals surface area contributed by atoms with Gasteiger partial charge >= 0.3 is 6.18 Å². The van der Waals surface area contributed by atoms with Gasteiger partial charge in [0.1, 0.15) is 0 Å². The average Bonchev–Trinajstić information content (AvgIpc) is 3.21. The Morgan fingerprint density at radius 1 is 1.18 bits per heavy atom. The minimum absolute atomic E-state index is 0.00253. The number of hydrogen-bond donors (Lipinski definition) is 2. The number of alkyl halides is 3. The van der Waals surface area contributed by atoms with Crippen molar-refractivity contribution in [2.75, 3.05) is 26.2 Å². The molecule has 3 rings (SSSR count). The highest BCUT2D eigenvalue weighted by Gasteiger charge is 2.34. The lowest BCUT2D eigenvalue weighted by atomic mass is 9.96. The zero-order chi connectivity index (χ0) is 20.1. The first-order chi connectivity index (χ1) is 13.3. The lowest BCUT2D eigenvalue weighted by Gasteiger charge is -2.33. The fourth-order valence-electron chi connectivity index (χ4n) is 3.96. The van der Waals surface area contributed by atoms with Crippen LogP contribution >= 0.6 is 0 Å². The molecule has 2 aliphatic heterocycles. The third kappa shape index (κ3) is 5.25. The van der Waals surface area contributed by atoms with E-state index >= 15 is 0 Å². The third-order valence-electron chi connectivity index (χ3n) is 5.48. The molecule has 1 aromatic carbocycles. The van der Waals surface area contributed by atoms with Crippen LogP contribution in [-0.4, -0.2) is 48.9 Å². The highest BCUT2D eigenvalue weighted by Crippen LogP contribution is 2.32. The number of benzene rings is 1. The molecular weight excluding hydrogens is 371 g/mol. The van der Waals surface area contributed by atoms with Crippen LogP contribution in [0.4, 0.5) is 13.2 Å². The summed E-state index contributed by atoms with van der Waals surface area (Å²) >= 11 is 0. The van der Waals surface area contributed by atoms with Crippen molar-refractivity contribution in [2.24, 2.45) is 5.92 Å². The van der Waals surface area contributed by atoms with Crippen LogP contribution in [0.1, 0.15) is 36.8 Å². The van der Waals surface area contributed by atoms with Crippen molar-refractivity contribution < 1.29 is 22.8 Å². The van der Waals surface area contributed by atoms with Crippen LogP contribution in [-0.2, 0) is 22.2 Å². The summed E-state index contributed by atoms with van der Waals surface area (Å²) in [7, 11) is 0. The maximum absolute atomic E-state index is 13.1. The molecule has 0 aromatic heterocycles. The number of piperidine rings is 1. The van der Waals surface area contributed by atoms with Crippen LogP contribution in [0.15, 0.2) is 24.3 Å². The maximum atomic E-state index is 13.1. The second-order valence-electron chi connectivity index (χ2n) is 7.57. The molecule has 0 bridgehead atoms. The normalized spacial score (nSPS) is 22.9. The van der Waals surface area contributed by atoms with Gasteiger partial charge in [-0.05, 0) is 49.8 Å². The van der Waals surface area contributed by atoms with E-state index in [1.165, 1.54) is 18.2 Å². The number of rotatable bonds is 5. The van der Waals surface area contributed by atoms with Crippen LogP contribution in [0.5, 0.6) is 0 Å². The molecule has 0 radical (unpaired) electrons. The molecule has 8 heteroatoms. The number of nitrogens with zero attached hydrogens (tertiary/aromatic N) is 1. The standard InChI is InChI=1S/C20H26F3N3O2/c21-20(22,23)16-7-2-1-6-15(16)11-18(27)26-10-4-5-14(13-26)12-25-19(28)17-8-3-9-24-17/h1-2,6-7,14,17,24H,3-5,8-13H2,(H,25,28). The van der Waals surface area contributed by atoms with Crippen molar-refractivity contribution >= 4 is 11.8 Å². The molecule has 2 fully saturated rings. The van der Waals surface area contributed by atoms with Crippen molar-refractivity contribution in [3.05, 3.63) is 35.4 Å². The number of amides is 2. The topological polar surface area (TPSA) is 61.4 Å². The van der Waals surface area contributed by atoms with Crippen molar-refractivity contribution in [2.45, 2.75) is 44.3 Å². The summed E-state index contributed by atoms with van der Waals surface area (Å²) in [6.07, 6.45) is -1.24. The van der Waals surface area contributed by atoms with Crippen LogP contribution < -0.4 is 10.6 Å². The summed E-state index contributed by atoms with van der Waals surface area (Å²) in [5, 5.41) is 6.09. The van der Waals surface area contributed by atoms with Gasteiger partial charge in [0.15, 0.2) is 0 Å². The molecule has 0 spiro atoms. The van der Waals surface area contributed by atoms with Gasteiger partial charge in [-0.2, -0.15) is 13.2 Å². The molecule has 0 saturated carbocycles. The molecule has 0 aliphatic carbocycles. The van der Waals surface area contributed by atoms with E-state index in [2.05, 4.69) is 10.6 Å². The van der Waals surface area contributed by atoms with Gasteiger partial charge in [0.05, 0.1) is 18.0 Å². The summed E-state index contributed by atoms with van der Waals surface area (Å²) < 4.78 is 39.4. The predicted octanol–water partition coefficient (Wildman–Crippen LogP) is 2.35. The largest absolute Gasteiger partial charge is 0.416 e. The fourth-order valence-corrected chi connectivity index (χ4v) is 3.96. The summed E-state index contributed by atoms with van der Waals surface area (Å²) in [6.45, 7) is 2.34. The molecule has 5 nitrogen and oxygen atoms in total. The highest BCUT2D eigenvalue weighted by atomic mass is 19.4. The van der Waals surface area contributed by atoms with E-state index in [4.69, 9.17) is 0 Å². The third-order valence-corrected chi connectivity index (χ3v) is 5.48. The number of carbonyl (C=O) groups excluding carboxylic acids is 2. The Bertz CT molecular complexity index is 702. The van der Waals surface area contributed by atoms with E-state index in [-0.39, 0.29) is 35.8 Å². The number of nitrogens with one attached hydrogen (secondary N) is 2. The Morgan fingerprint density at radius 2 is 1.96 bits per heavy atom. The van der Waals surface area contributed by atoms with Crippen molar-refractivity contribution in [1.29, 1.82) is 0 Å². The Labute approximate surface area is 162 Å². The smallest absolute Gasteiger partial charge is 0.354 e. The molecule has 2 heterocycles. The summed E-state index contributed by atoms with van der Waals surface area (Å²) in [4.78, 5) is 26.3. The van der Waals surface area contributed by atoms with Crippen molar-refractivity contribution in [1.82, 2.24) is 15.5 Å². The van der Waals surface area contributed by atoms with E-state index in [0.29, 0.717) is 19.6 Å². The SMILES string of the molecule is O=C(NCC1CCCN(C(=O)Cc2ccccc2C(F)(F)F)C1)C1CCCN1. The predicted molar refractivity (Wildman–Crippen MR) is 98.5 cm³/mol. The van der Waals surface area contributed by atoms with Crippen LogP contribution in [0, 0.1) is 5.92 Å². The van der Waals surface area contributed by atoms with Crippen molar-refractivity contribution in [3.8, 4) is 0 Å². The molecule has 2 N–H and O–H groups in total. The lowest BCUT2D eigenvalue weighted by Crippen LogP contribution is -2.47. The van der Waals surface area contributed by atoms with Gasteiger partial charge in [0, 0.05) is 19.6 Å². The van der Waals surface area contributed by atoms with E-state index < -0.39 is 11.7 Å². The summed E-state index contributed by atoms with van der Waals surface area (Å²) in [5.74, 6) is -0.189. The second-order valence-corrected chi connectivity index (χ2v) is 7.57. The Hall–Kier alpha value is -2.09. The quantitative estimate of drug-likeness (QED) is 0.802. The lowest BCUT2D eigenvalue weighted by molar-refractivity contribution is -0.139. The number of hydrogen-bond acceptors (Lipinski definition) is 3. The Balaban J connectivity index is 1.54. The van der Waals surface area contributed by atoms with E-state index in [9.17, 15) is 22.8 Å². The molecule has 2 unspecified atom stereocenters. The number of halogens is 3. The van der Waals surface area contributed by atoms with Crippen molar-refractivity contribution in [3.63, 3.8) is 0 Å². The van der Waals surface area contributed by atoms with Gasteiger partial charge in [0.25, 0.3) is 0 Å². The molecular formula is C20H26F3N3O2. The molecule has 154 valence electrons. The Morgan fingerprint density at radius 3 is 2.68 bits per heavy atom. The first kappa shape index (κ1) is 20.6.